The summed E-state index contributed by atoms with van der Waals surface area (Å²) in [5.74, 6) is 1.24. The third-order valence-electron chi connectivity index (χ3n) is 3.32. The van der Waals surface area contributed by atoms with E-state index >= 15 is 0 Å². The molecule has 102 valence electrons. The van der Waals surface area contributed by atoms with Gasteiger partial charge in [0, 0.05) is 42.9 Å². The van der Waals surface area contributed by atoms with Gasteiger partial charge >= 0.3 is 0 Å². The van der Waals surface area contributed by atoms with E-state index in [0.29, 0.717) is 0 Å². The van der Waals surface area contributed by atoms with Gasteiger partial charge in [-0.1, -0.05) is 0 Å². The Morgan fingerprint density at radius 3 is 2.94 bits per heavy atom. The minimum atomic E-state index is 0.873. The van der Waals surface area contributed by atoms with Gasteiger partial charge in [-0.25, -0.2) is 0 Å². The molecular formula is C13H24N4S. The van der Waals surface area contributed by atoms with E-state index in [1.807, 2.05) is 17.9 Å². The molecular weight excluding hydrogens is 244 g/mol. The van der Waals surface area contributed by atoms with Gasteiger partial charge in [0.1, 0.15) is 0 Å². The lowest BCUT2D eigenvalue weighted by molar-refractivity contribution is 0.348. The Morgan fingerprint density at radius 1 is 1.50 bits per heavy atom. The van der Waals surface area contributed by atoms with Crippen molar-refractivity contribution in [1.29, 1.82) is 0 Å². The highest BCUT2D eigenvalue weighted by atomic mass is 32.2. The van der Waals surface area contributed by atoms with Crippen LogP contribution < -0.4 is 5.32 Å². The van der Waals surface area contributed by atoms with Gasteiger partial charge in [-0.05, 0) is 33.0 Å². The highest BCUT2D eigenvalue weighted by molar-refractivity contribution is 7.99. The van der Waals surface area contributed by atoms with Crippen molar-refractivity contribution < 1.29 is 0 Å². The molecule has 1 aliphatic rings. The SMILES string of the molecule is CN(CCSC1CCNCC1)Cc1cnn(C)c1. The maximum atomic E-state index is 4.20. The smallest absolute Gasteiger partial charge is 0.0534 e. The first-order valence-electron chi connectivity index (χ1n) is 6.72. The molecule has 1 N–H and O–H groups in total. The van der Waals surface area contributed by atoms with Gasteiger partial charge in [0.25, 0.3) is 0 Å². The van der Waals surface area contributed by atoms with E-state index in [2.05, 4.69) is 40.3 Å². The molecule has 0 radical (unpaired) electrons. The van der Waals surface area contributed by atoms with Crippen LogP contribution in [0.25, 0.3) is 0 Å². The molecule has 1 saturated heterocycles. The average Bonchev–Trinajstić information content (AvgIpc) is 2.76. The predicted molar refractivity (Wildman–Crippen MR) is 77.9 cm³/mol. The number of nitrogens with zero attached hydrogens (tertiary/aromatic N) is 3. The van der Waals surface area contributed by atoms with Crippen molar-refractivity contribution in [2.45, 2.75) is 24.6 Å². The lowest BCUT2D eigenvalue weighted by Gasteiger charge is -2.23. The molecule has 4 nitrogen and oxygen atoms in total. The molecule has 1 aliphatic heterocycles. The van der Waals surface area contributed by atoms with Crippen LogP contribution in [0.5, 0.6) is 0 Å². The van der Waals surface area contributed by atoms with E-state index in [1.165, 1.54) is 37.2 Å². The summed E-state index contributed by atoms with van der Waals surface area (Å²) in [6.45, 7) is 4.55. The summed E-state index contributed by atoms with van der Waals surface area (Å²) in [5.41, 5.74) is 1.30. The molecule has 2 heterocycles. The Balaban J connectivity index is 1.60. The fraction of sp³-hybridized carbons (Fsp3) is 0.769. The Hall–Kier alpha value is -0.520. The molecule has 5 heteroatoms. The quantitative estimate of drug-likeness (QED) is 0.844. The molecule has 0 atom stereocenters. The van der Waals surface area contributed by atoms with Crippen LogP contribution in [0.1, 0.15) is 18.4 Å². The van der Waals surface area contributed by atoms with Crippen LogP contribution in [-0.2, 0) is 13.6 Å². The second-order valence-corrected chi connectivity index (χ2v) is 6.49. The van der Waals surface area contributed by atoms with Gasteiger partial charge in [0.15, 0.2) is 0 Å². The first-order valence-corrected chi connectivity index (χ1v) is 7.77. The molecule has 2 rings (SSSR count). The van der Waals surface area contributed by atoms with Crippen molar-refractivity contribution in [1.82, 2.24) is 20.0 Å². The number of nitrogens with one attached hydrogen (secondary N) is 1. The van der Waals surface area contributed by atoms with Crippen molar-refractivity contribution in [3.05, 3.63) is 18.0 Å². The summed E-state index contributed by atoms with van der Waals surface area (Å²) in [7, 11) is 4.16. The third-order valence-corrected chi connectivity index (χ3v) is 4.68. The number of aryl methyl sites for hydroxylation is 1. The van der Waals surface area contributed by atoms with Crippen LogP contribution >= 0.6 is 11.8 Å². The summed E-state index contributed by atoms with van der Waals surface area (Å²) in [5, 5.41) is 8.49. The van der Waals surface area contributed by atoms with Crippen LogP contribution in [0.3, 0.4) is 0 Å². The summed E-state index contributed by atoms with van der Waals surface area (Å²) in [6, 6.07) is 0. The Kier molecular flexibility index (Phi) is 5.53. The maximum Gasteiger partial charge on any atom is 0.0534 e. The third kappa shape index (κ3) is 4.63. The van der Waals surface area contributed by atoms with Gasteiger partial charge in [-0.3, -0.25) is 4.68 Å². The molecule has 0 aliphatic carbocycles. The molecule has 1 aromatic heterocycles. The van der Waals surface area contributed by atoms with Crippen LogP contribution in [-0.4, -0.2) is 52.4 Å². The second kappa shape index (κ2) is 7.16. The normalized spacial score (nSPS) is 17.5. The number of rotatable bonds is 6. The zero-order chi connectivity index (χ0) is 12.8. The van der Waals surface area contributed by atoms with E-state index in [4.69, 9.17) is 0 Å². The average molecular weight is 268 g/mol. The summed E-state index contributed by atoms with van der Waals surface area (Å²) < 4.78 is 1.87. The largest absolute Gasteiger partial charge is 0.317 e. The summed E-state index contributed by atoms with van der Waals surface area (Å²) in [6.07, 6.45) is 6.71. The van der Waals surface area contributed by atoms with Crippen LogP contribution in [0.15, 0.2) is 12.4 Å². The standard InChI is InChI=1S/C13H24N4S/c1-16(10-12-9-15-17(2)11-12)7-8-18-13-3-5-14-6-4-13/h9,11,13-14H,3-8,10H2,1-2H3. The number of piperidine rings is 1. The molecule has 0 bridgehead atoms. The van der Waals surface area contributed by atoms with E-state index in [-0.39, 0.29) is 0 Å². The molecule has 0 aromatic carbocycles. The van der Waals surface area contributed by atoms with Crippen LogP contribution in [0, 0.1) is 0 Å². The van der Waals surface area contributed by atoms with E-state index in [9.17, 15) is 0 Å². The number of aromatic nitrogens is 2. The monoisotopic (exact) mass is 268 g/mol. The van der Waals surface area contributed by atoms with Gasteiger partial charge in [0.2, 0.25) is 0 Å². The molecule has 1 fully saturated rings. The van der Waals surface area contributed by atoms with Crippen molar-refractivity contribution >= 4 is 11.8 Å². The maximum absolute atomic E-state index is 4.20. The van der Waals surface area contributed by atoms with Crippen molar-refractivity contribution in [2.75, 3.05) is 32.4 Å². The predicted octanol–water partition coefficient (Wildman–Crippen LogP) is 1.34. The molecule has 0 unspecified atom stereocenters. The van der Waals surface area contributed by atoms with Gasteiger partial charge in [-0.15, -0.1) is 0 Å². The van der Waals surface area contributed by atoms with Crippen molar-refractivity contribution in [3.63, 3.8) is 0 Å². The minimum absolute atomic E-state index is 0.873. The first-order chi connectivity index (χ1) is 8.74. The lowest BCUT2D eigenvalue weighted by atomic mass is 10.2. The van der Waals surface area contributed by atoms with Crippen molar-refractivity contribution in [2.24, 2.45) is 7.05 Å². The van der Waals surface area contributed by atoms with Crippen molar-refractivity contribution in [3.8, 4) is 0 Å². The fourth-order valence-electron chi connectivity index (χ4n) is 2.28. The van der Waals surface area contributed by atoms with Gasteiger partial charge in [-0.2, -0.15) is 16.9 Å². The minimum Gasteiger partial charge on any atom is -0.317 e. The molecule has 0 saturated carbocycles. The van der Waals surface area contributed by atoms with Gasteiger partial charge in [0.05, 0.1) is 6.20 Å². The summed E-state index contributed by atoms with van der Waals surface area (Å²) in [4.78, 5) is 2.38. The zero-order valence-electron chi connectivity index (χ0n) is 11.4. The van der Waals surface area contributed by atoms with Crippen LogP contribution in [0.2, 0.25) is 0 Å². The second-order valence-electron chi connectivity index (χ2n) is 5.08. The topological polar surface area (TPSA) is 33.1 Å². The van der Waals surface area contributed by atoms with Crippen LogP contribution in [0.4, 0.5) is 0 Å². The summed E-state index contributed by atoms with van der Waals surface area (Å²) >= 11 is 2.14. The molecule has 1 aromatic rings. The fourth-order valence-corrected chi connectivity index (χ4v) is 3.60. The number of thioether (sulfide) groups is 1. The molecule has 0 spiro atoms. The lowest BCUT2D eigenvalue weighted by Crippen LogP contribution is -2.30. The Bertz CT molecular complexity index is 347. The Labute approximate surface area is 114 Å². The number of hydrogen-bond acceptors (Lipinski definition) is 4. The Morgan fingerprint density at radius 2 is 2.28 bits per heavy atom. The van der Waals surface area contributed by atoms with E-state index in [1.54, 1.807) is 0 Å². The van der Waals surface area contributed by atoms with E-state index in [0.717, 1.165) is 18.3 Å². The number of hydrogen-bond donors (Lipinski definition) is 1. The van der Waals surface area contributed by atoms with Gasteiger partial charge < -0.3 is 10.2 Å². The first kappa shape index (κ1) is 13.9. The molecule has 0 amide bonds. The highest BCUT2D eigenvalue weighted by Gasteiger charge is 2.13. The highest BCUT2D eigenvalue weighted by Crippen LogP contribution is 2.20. The zero-order valence-corrected chi connectivity index (χ0v) is 12.2. The molecule has 18 heavy (non-hydrogen) atoms. The van der Waals surface area contributed by atoms with E-state index < -0.39 is 0 Å².